The lowest BCUT2D eigenvalue weighted by molar-refractivity contribution is 0.329. The zero-order valence-electron chi connectivity index (χ0n) is 18.8. The van der Waals surface area contributed by atoms with E-state index < -0.39 is 10.0 Å². The van der Waals surface area contributed by atoms with Crippen LogP contribution >= 0.6 is 0 Å². The number of nitrogens with zero attached hydrogens (tertiary/aromatic N) is 7. The second-order valence-electron chi connectivity index (χ2n) is 8.79. The van der Waals surface area contributed by atoms with Gasteiger partial charge in [0.1, 0.15) is 10.4 Å². The molecule has 3 aromatic rings. The van der Waals surface area contributed by atoms with Crippen LogP contribution in [0.2, 0.25) is 0 Å². The SMILES string of the molecule is Cn1cc(S(=O)(=O)N2CCC(Nc3ncc4c(n3)n(C3CCCNC3)c(=O)n4C)CC2)cn1. The lowest BCUT2D eigenvalue weighted by atomic mass is 10.1. The van der Waals surface area contributed by atoms with Crippen molar-refractivity contribution in [1.82, 2.24) is 38.5 Å². The minimum atomic E-state index is -3.54. The molecule has 2 aliphatic heterocycles. The highest BCUT2D eigenvalue weighted by atomic mass is 32.2. The summed E-state index contributed by atoms with van der Waals surface area (Å²) in [6.45, 7) is 2.52. The summed E-state index contributed by atoms with van der Waals surface area (Å²) in [4.78, 5) is 22.2. The van der Waals surface area contributed by atoms with E-state index in [2.05, 4.69) is 20.7 Å². The van der Waals surface area contributed by atoms with Crippen LogP contribution in [0.4, 0.5) is 5.95 Å². The minimum Gasteiger partial charge on any atom is -0.351 e. The van der Waals surface area contributed by atoms with Gasteiger partial charge >= 0.3 is 5.69 Å². The molecule has 2 aliphatic rings. The van der Waals surface area contributed by atoms with Gasteiger partial charge in [0, 0.05) is 46.0 Å². The Bertz CT molecular complexity index is 1310. The Kier molecular flexibility index (Phi) is 5.70. The van der Waals surface area contributed by atoms with E-state index >= 15 is 0 Å². The highest BCUT2D eigenvalue weighted by molar-refractivity contribution is 7.89. The zero-order chi connectivity index (χ0) is 23.2. The monoisotopic (exact) mass is 475 g/mol. The van der Waals surface area contributed by atoms with E-state index in [0.717, 1.165) is 25.9 Å². The molecule has 0 bridgehead atoms. The van der Waals surface area contributed by atoms with Crippen molar-refractivity contribution in [2.45, 2.75) is 42.7 Å². The van der Waals surface area contributed by atoms with Crippen LogP contribution in [-0.2, 0) is 24.1 Å². The van der Waals surface area contributed by atoms with Crippen molar-refractivity contribution in [1.29, 1.82) is 0 Å². The first kappa shape index (κ1) is 22.0. The number of piperidine rings is 2. The van der Waals surface area contributed by atoms with Crippen LogP contribution in [0.25, 0.3) is 11.2 Å². The van der Waals surface area contributed by atoms with Gasteiger partial charge in [-0.3, -0.25) is 13.8 Å². The van der Waals surface area contributed by atoms with Crippen molar-refractivity contribution in [3.8, 4) is 0 Å². The van der Waals surface area contributed by atoms with Crippen molar-refractivity contribution in [3.63, 3.8) is 0 Å². The summed E-state index contributed by atoms with van der Waals surface area (Å²) in [7, 11) is -0.102. The molecule has 13 heteroatoms. The Morgan fingerprint density at radius 1 is 1.15 bits per heavy atom. The number of anilines is 1. The summed E-state index contributed by atoms with van der Waals surface area (Å²) >= 11 is 0. The van der Waals surface area contributed by atoms with Crippen LogP contribution in [0.15, 0.2) is 28.3 Å². The summed E-state index contributed by atoms with van der Waals surface area (Å²) in [6.07, 6.45) is 7.80. The van der Waals surface area contributed by atoms with Gasteiger partial charge in [-0.1, -0.05) is 0 Å². The Morgan fingerprint density at radius 2 is 1.94 bits per heavy atom. The average molecular weight is 476 g/mol. The Balaban J connectivity index is 1.31. The fraction of sp³-hybridized carbons (Fsp3) is 0.600. The third-order valence-electron chi connectivity index (χ3n) is 6.57. The van der Waals surface area contributed by atoms with Gasteiger partial charge in [0.15, 0.2) is 5.65 Å². The number of sulfonamides is 1. The van der Waals surface area contributed by atoms with Gasteiger partial charge < -0.3 is 10.6 Å². The van der Waals surface area contributed by atoms with Gasteiger partial charge in [0.05, 0.1) is 18.4 Å². The van der Waals surface area contributed by atoms with Crippen molar-refractivity contribution < 1.29 is 8.42 Å². The number of imidazole rings is 1. The molecule has 3 aromatic heterocycles. The van der Waals surface area contributed by atoms with E-state index in [1.807, 2.05) is 0 Å². The first-order valence-corrected chi connectivity index (χ1v) is 12.7. The summed E-state index contributed by atoms with van der Waals surface area (Å²) in [5.74, 6) is 0.458. The molecule has 2 N–H and O–H groups in total. The molecular weight excluding hydrogens is 446 g/mol. The first-order valence-electron chi connectivity index (χ1n) is 11.2. The van der Waals surface area contributed by atoms with Gasteiger partial charge in [0.2, 0.25) is 16.0 Å². The number of fused-ring (bicyclic) bond motifs is 1. The molecule has 33 heavy (non-hydrogen) atoms. The summed E-state index contributed by atoms with van der Waals surface area (Å²) in [6, 6.07) is 0.113. The van der Waals surface area contributed by atoms with Crippen LogP contribution in [-0.4, -0.2) is 73.8 Å². The van der Waals surface area contributed by atoms with Gasteiger partial charge in [-0.05, 0) is 32.2 Å². The number of hydrogen-bond donors (Lipinski definition) is 2. The molecule has 1 atom stereocenters. The molecule has 2 fully saturated rings. The molecule has 5 heterocycles. The summed E-state index contributed by atoms with van der Waals surface area (Å²) in [5, 5.41) is 10.7. The van der Waals surface area contributed by atoms with Crippen LogP contribution in [0.5, 0.6) is 0 Å². The fourth-order valence-electron chi connectivity index (χ4n) is 4.69. The molecule has 0 amide bonds. The van der Waals surface area contributed by atoms with Gasteiger partial charge in [0.25, 0.3) is 0 Å². The third-order valence-corrected chi connectivity index (χ3v) is 8.43. The second kappa shape index (κ2) is 8.54. The number of nitrogens with one attached hydrogen (secondary N) is 2. The van der Waals surface area contributed by atoms with Crippen molar-refractivity contribution in [2.24, 2.45) is 14.1 Å². The lowest BCUT2D eigenvalue weighted by Gasteiger charge is -2.31. The molecule has 0 aliphatic carbocycles. The zero-order valence-corrected chi connectivity index (χ0v) is 19.6. The molecule has 0 spiro atoms. The lowest BCUT2D eigenvalue weighted by Crippen LogP contribution is -2.42. The maximum Gasteiger partial charge on any atom is 0.330 e. The molecule has 0 radical (unpaired) electrons. The van der Waals surface area contributed by atoms with Crippen molar-refractivity contribution in [2.75, 3.05) is 31.5 Å². The quantitative estimate of drug-likeness (QED) is 0.529. The van der Waals surface area contributed by atoms with E-state index in [1.54, 1.807) is 29.4 Å². The predicted octanol–water partition coefficient (Wildman–Crippen LogP) is 0.0532. The molecule has 0 aromatic carbocycles. The fourth-order valence-corrected chi connectivity index (χ4v) is 6.15. The third kappa shape index (κ3) is 4.04. The average Bonchev–Trinajstić information content (AvgIpc) is 3.36. The van der Waals surface area contributed by atoms with E-state index in [4.69, 9.17) is 4.98 Å². The molecular formula is C20H29N9O3S. The first-order chi connectivity index (χ1) is 15.8. The molecule has 1 unspecified atom stereocenters. The predicted molar refractivity (Wildman–Crippen MR) is 123 cm³/mol. The van der Waals surface area contributed by atoms with E-state index in [9.17, 15) is 13.2 Å². The highest BCUT2D eigenvalue weighted by Gasteiger charge is 2.31. The van der Waals surface area contributed by atoms with Crippen LogP contribution in [0.3, 0.4) is 0 Å². The number of aromatic nitrogens is 6. The van der Waals surface area contributed by atoms with Gasteiger partial charge in [-0.25, -0.2) is 18.2 Å². The summed E-state index contributed by atoms with van der Waals surface area (Å²) in [5.41, 5.74) is 1.25. The van der Waals surface area contributed by atoms with Crippen LogP contribution in [0.1, 0.15) is 31.7 Å². The van der Waals surface area contributed by atoms with E-state index in [-0.39, 0.29) is 22.7 Å². The Hall–Kier alpha value is -2.77. The van der Waals surface area contributed by atoms with Crippen LogP contribution in [0, 0.1) is 0 Å². The van der Waals surface area contributed by atoms with Gasteiger partial charge in [-0.15, -0.1) is 0 Å². The minimum absolute atomic E-state index is 0.0445. The molecule has 5 rings (SSSR count). The maximum absolute atomic E-state index is 12.9. The number of rotatable bonds is 5. The second-order valence-corrected chi connectivity index (χ2v) is 10.7. The van der Waals surface area contributed by atoms with Crippen LogP contribution < -0.4 is 16.3 Å². The van der Waals surface area contributed by atoms with E-state index in [0.29, 0.717) is 43.0 Å². The highest BCUT2D eigenvalue weighted by Crippen LogP contribution is 2.24. The van der Waals surface area contributed by atoms with Crippen molar-refractivity contribution in [3.05, 3.63) is 29.1 Å². The molecule has 2 saturated heterocycles. The van der Waals surface area contributed by atoms with E-state index in [1.165, 1.54) is 21.4 Å². The smallest absolute Gasteiger partial charge is 0.330 e. The Labute approximate surface area is 191 Å². The topological polar surface area (TPSA) is 132 Å². The van der Waals surface area contributed by atoms with Gasteiger partial charge in [-0.2, -0.15) is 14.4 Å². The maximum atomic E-state index is 12.9. The normalized spacial score (nSPS) is 21.0. The molecule has 178 valence electrons. The Morgan fingerprint density at radius 3 is 2.61 bits per heavy atom. The van der Waals surface area contributed by atoms with Crippen molar-refractivity contribution >= 4 is 27.1 Å². The molecule has 12 nitrogen and oxygen atoms in total. The number of aryl methyl sites for hydroxylation is 2. The summed E-state index contributed by atoms with van der Waals surface area (Å²) < 4.78 is 32.0. The molecule has 0 saturated carbocycles. The largest absolute Gasteiger partial charge is 0.351 e. The number of hydrogen-bond acceptors (Lipinski definition) is 8. The standard InChI is InChI=1S/C20H29N9O3S/c1-26-13-16(11-23-26)33(31,32)28-8-5-14(6-9-28)24-19-22-12-17-18(25-19)29(20(30)27(17)2)15-4-3-7-21-10-15/h11-15,21H,3-10H2,1-2H3,(H,22,24,25).